The van der Waals surface area contributed by atoms with Gasteiger partial charge in [0.25, 0.3) is 9.84 Å². The van der Waals surface area contributed by atoms with Crippen molar-refractivity contribution >= 4 is 31.5 Å². The fourth-order valence-electron chi connectivity index (χ4n) is 1.47. The van der Waals surface area contributed by atoms with E-state index in [4.69, 9.17) is 0 Å². The molecule has 1 aromatic rings. The number of hydrogen-bond donors (Lipinski definition) is 1. The predicted molar refractivity (Wildman–Crippen MR) is 75.7 cm³/mol. The van der Waals surface area contributed by atoms with Crippen molar-refractivity contribution in [3.05, 3.63) is 24.3 Å². The molecule has 8 heteroatoms. The molecular formula is C12H15BrF3NO2S. The Morgan fingerprint density at radius 3 is 2.30 bits per heavy atom. The highest BCUT2D eigenvalue weighted by molar-refractivity contribution is 9.09. The lowest BCUT2D eigenvalue weighted by atomic mass is 10.1. The highest BCUT2D eigenvalue weighted by Gasteiger charge is 2.48. The van der Waals surface area contributed by atoms with Crippen LogP contribution in [0.4, 0.5) is 18.9 Å². The Balaban J connectivity index is 3.19. The number of sulfone groups is 1. The summed E-state index contributed by atoms with van der Waals surface area (Å²) < 4.78 is 61.0. The van der Waals surface area contributed by atoms with Crippen LogP contribution in [0, 0.1) is 5.92 Å². The summed E-state index contributed by atoms with van der Waals surface area (Å²) in [5.41, 5.74) is -5.35. The van der Waals surface area contributed by atoms with Crippen molar-refractivity contribution in [1.82, 2.24) is 0 Å². The van der Waals surface area contributed by atoms with Crippen molar-refractivity contribution in [2.45, 2.75) is 30.3 Å². The minimum atomic E-state index is -5.36. The molecule has 0 spiro atoms. The second kappa shape index (κ2) is 6.34. The average molecular weight is 374 g/mol. The van der Waals surface area contributed by atoms with Gasteiger partial charge in [-0.05, 0) is 25.0 Å². The molecule has 1 rings (SSSR count). The number of nitrogens with one attached hydrogen (secondary N) is 1. The van der Waals surface area contributed by atoms with Crippen LogP contribution in [0.1, 0.15) is 13.8 Å². The molecule has 20 heavy (non-hydrogen) atoms. The highest BCUT2D eigenvalue weighted by atomic mass is 79.9. The van der Waals surface area contributed by atoms with Crippen LogP contribution in [0.2, 0.25) is 0 Å². The Labute approximate surface area is 124 Å². The van der Waals surface area contributed by atoms with Gasteiger partial charge in [-0.25, -0.2) is 8.42 Å². The monoisotopic (exact) mass is 373 g/mol. The summed E-state index contributed by atoms with van der Waals surface area (Å²) >= 11 is 3.28. The van der Waals surface area contributed by atoms with E-state index in [1.165, 1.54) is 18.2 Å². The molecule has 1 aromatic carbocycles. The Morgan fingerprint density at radius 1 is 1.25 bits per heavy atom. The third-order valence-electron chi connectivity index (χ3n) is 2.96. The van der Waals surface area contributed by atoms with E-state index in [9.17, 15) is 21.6 Å². The van der Waals surface area contributed by atoms with Crippen molar-refractivity contribution < 1.29 is 21.6 Å². The molecule has 2 atom stereocenters. The second-order valence-electron chi connectivity index (χ2n) is 4.51. The summed E-state index contributed by atoms with van der Waals surface area (Å²) in [6.07, 6.45) is 0. The zero-order chi connectivity index (χ0) is 15.6. The van der Waals surface area contributed by atoms with Crippen LogP contribution >= 0.6 is 15.9 Å². The zero-order valence-corrected chi connectivity index (χ0v) is 13.3. The van der Waals surface area contributed by atoms with Crippen LogP contribution in [-0.4, -0.2) is 25.3 Å². The van der Waals surface area contributed by atoms with Crippen molar-refractivity contribution in [3.8, 4) is 0 Å². The average Bonchev–Trinajstić information content (AvgIpc) is 2.36. The minimum Gasteiger partial charge on any atom is -0.381 e. The first-order chi connectivity index (χ1) is 9.11. The zero-order valence-electron chi connectivity index (χ0n) is 10.9. The van der Waals surface area contributed by atoms with Crippen molar-refractivity contribution in [1.29, 1.82) is 0 Å². The molecule has 0 aliphatic carbocycles. The Bertz CT molecular complexity index is 560. The fourth-order valence-corrected chi connectivity index (χ4v) is 2.95. The number of benzene rings is 1. The first-order valence-electron chi connectivity index (χ1n) is 5.84. The molecule has 0 saturated carbocycles. The number of halogens is 4. The van der Waals surface area contributed by atoms with Crippen molar-refractivity contribution in [2.24, 2.45) is 5.92 Å². The number of alkyl halides is 4. The number of anilines is 1. The lowest BCUT2D eigenvalue weighted by Crippen LogP contribution is -2.28. The molecule has 0 bridgehead atoms. The molecule has 0 amide bonds. The summed E-state index contributed by atoms with van der Waals surface area (Å²) in [5, 5.41) is 3.48. The van der Waals surface area contributed by atoms with Crippen LogP contribution in [0.3, 0.4) is 0 Å². The van der Waals surface area contributed by atoms with E-state index in [-0.39, 0.29) is 17.6 Å². The third-order valence-corrected chi connectivity index (χ3v) is 5.53. The SMILES string of the molecule is CC(CBr)C(C)Nc1ccccc1S(=O)(=O)C(F)(F)F. The summed E-state index contributed by atoms with van der Waals surface area (Å²) in [4.78, 5) is -0.749. The van der Waals surface area contributed by atoms with Gasteiger partial charge in [0.1, 0.15) is 0 Å². The standard InChI is InChI=1S/C12H15BrF3NO2S/c1-8(7-13)9(2)17-10-5-3-4-6-11(10)20(18,19)12(14,15)16/h3-6,8-9,17H,7H2,1-2H3. The van der Waals surface area contributed by atoms with Crippen LogP contribution in [0.15, 0.2) is 29.2 Å². The van der Waals surface area contributed by atoms with Crippen LogP contribution in [0.5, 0.6) is 0 Å². The van der Waals surface area contributed by atoms with Crippen molar-refractivity contribution in [2.75, 3.05) is 10.6 Å². The van der Waals surface area contributed by atoms with Gasteiger partial charge < -0.3 is 5.32 Å². The first kappa shape index (κ1) is 17.3. The predicted octanol–water partition coefficient (Wildman–Crippen LogP) is 3.81. The smallest absolute Gasteiger partial charge is 0.381 e. The number of rotatable bonds is 5. The Morgan fingerprint density at radius 2 is 1.80 bits per heavy atom. The maximum absolute atomic E-state index is 12.6. The lowest BCUT2D eigenvalue weighted by molar-refractivity contribution is -0.0435. The molecule has 0 fully saturated rings. The van der Waals surface area contributed by atoms with Gasteiger partial charge in [-0.2, -0.15) is 13.2 Å². The fraction of sp³-hybridized carbons (Fsp3) is 0.500. The summed E-state index contributed by atoms with van der Waals surface area (Å²) in [6, 6.07) is 4.86. The van der Waals surface area contributed by atoms with Gasteiger partial charge in [0, 0.05) is 11.4 Å². The minimum absolute atomic E-state index is 0.0369. The molecule has 0 aliphatic heterocycles. The maximum atomic E-state index is 12.6. The largest absolute Gasteiger partial charge is 0.501 e. The summed E-state index contributed by atoms with van der Waals surface area (Å²) in [5.74, 6) is 0.122. The summed E-state index contributed by atoms with van der Waals surface area (Å²) in [6.45, 7) is 3.68. The van der Waals surface area contributed by atoms with Crippen LogP contribution in [0.25, 0.3) is 0 Å². The van der Waals surface area contributed by atoms with E-state index in [1.54, 1.807) is 6.92 Å². The topological polar surface area (TPSA) is 46.2 Å². The highest BCUT2D eigenvalue weighted by Crippen LogP contribution is 2.34. The van der Waals surface area contributed by atoms with E-state index in [0.29, 0.717) is 5.33 Å². The van der Waals surface area contributed by atoms with Crippen LogP contribution in [-0.2, 0) is 9.84 Å². The molecule has 0 aliphatic rings. The van der Waals surface area contributed by atoms with Crippen molar-refractivity contribution in [3.63, 3.8) is 0 Å². The van der Waals surface area contributed by atoms with Gasteiger partial charge in [-0.1, -0.05) is 35.0 Å². The van der Waals surface area contributed by atoms with Gasteiger partial charge in [0.2, 0.25) is 0 Å². The lowest BCUT2D eigenvalue weighted by Gasteiger charge is -2.22. The molecule has 0 radical (unpaired) electrons. The normalized spacial score (nSPS) is 15.7. The Kier molecular flexibility index (Phi) is 5.48. The molecule has 0 saturated heterocycles. The molecule has 114 valence electrons. The second-order valence-corrected chi connectivity index (χ2v) is 7.07. The first-order valence-corrected chi connectivity index (χ1v) is 8.44. The molecule has 0 aromatic heterocycles. The quantitative estimate of drug-likeness (QED) is 0.798. The number of para-hydroxylation sites is 1. The third kappa shape index (κ3) is 3.66. The van der Waals surface area contributed by atoms with E-state index in [0.717, 1.165) is 6.07 Å². The molecular weight excluding hydrogens is 359 g/mol. The molecule has 3 nitrogen and oxygen atoms in total. The molecule has 0 heterocycles. The number of hydrogen-bond acceptors (Lipinski definition) is 3. The molecule has 1 N–H and O–H groups in total. The van der Waals surface area contributed by atoms with Gasteiger partial charge in [0.05, 0.1) is 10.6 Å². The van der Waals surface area contributed by atoms with E-state index < -0.39 is 20.2 Å². The van der Waals surface area contributed by atoms with Gasteiger partial charge >= 0.3 is 5.51 Å². The van der Waals surface area contributed by atoms with E-state index in [1.807, 2.05) is 6.92 Å². The van der Waals surface area contributed by atoms with Gasteiger partial charge in [-0.3, -0.25) is 0 Å². The van der Waals surface area contributed by atoms with E-state index in [2.05, 4.69) is 21.2 Å². The molecule has 2 unspecified atom stereocenters. The maximum Gasteiger partial charge on any atom is 0.501 e. The van der Waals surface area contributed by atoms with Crippen LogP contribution < -0.4 is 5.32 Å². The summed E-state index contributed by atoms with van der Waals surface area (Å²) in [7, 11) is -5.36. The van der Waals surface area contributed by atoms with Gasteiger partial charge in [-0.15, -0.1) is 0 Å². The Hall–Kier alpha value is -0.760. The van der Waals surface area contributed by atoms with Gasteiger partial charge in [0.15, 0.2) is 0 Å². The van der Waals surface area contributed by atoms with E-state index >= 15 is 0 Å².